The van der Waals surface area contributed by atoms with E-state index in [1.165, 1.54) is 0 Å². The fraction of sp³-hybridized carbons (Fsp3) is 0.900. The van der Waals surface area contributed by atoms with Crippen LogP contribution in [0, 0.1) is 0 Å². The molecule has 0 aliphatic carbocycles. The standard InChI is InChI=1S/C10H20N2O2/c1-7(11-4)9(13)12-10(3)5-6-14-8(10)2/h7-8,11H,5-6H2,1-4H3,(H,12,13). The summed E-state index contributed by atoms with van der Waals surface area (Å²) in [7, 11) is 1.78. The number of likely N-dealkylation sites (N-methyl/N-ethyl adjacent to an activating group) is 1. The molecule has 4 nitrogen and oxygen atoms in total. The largest absolute Gasteiger partial charge is 0.376 e. The number of hydrogen-bond donors (Lipinski definition) is 2. The minimum absolute atomic E-state index is 0.0346. The molecule has 2 N–H and O–H groups in total. The molecular formula is C10H20N2O2. The lowest BCUT2D eigenvalue weighted by Crippen LogP contribution is -2.55. The lowest BCUT2D eigenvalue weighted by Gasteiger charge is -2.30. The number of carbonyl (C=O) groups is 1. The quantitative estimate of drug-likeness (QED) is 0.688. The minimum atomic E-state index is -0.206. The van der Waals surface area contributed by atoms with Gasteiger partial charge >= 0.3 is 0 Å². The predicted octanol–water partition coefficient (Wildman–Crippen LogP) is 0.278. The van der Waals surface area contributed by atoms with Crippen molar-refractivity contribution >= 4 is 5.91 Å². The maximum absolute atomic E-state index is 11.7. The third-order valence-electron chi connectivity index (χ3n) is 3.12. The first-order valence-electron chi connectivity index (χ1n) is 5.10. The predicted molar refractivity (Wildman–Crippen MR) is 55.1 cm³/mol. The summed E-state index contributed by atoms with van der Waals surface area (Å²) in [4.78, 5) is 11.7. The molecule has 1 aliphatic rings. The van der Waals surface area contributed by atoms with E-state index in [4.69, 9.17) is 4.74 Å². The maximum Gasteiger partial charge on any atom is 0.237 e. The second-order valence-corrected chi connectivity index (χ2v) is 4.18. The summed E-state index contributed by atoms with van der Waals surface area (Å²) in [5, 5.41) is 5.95. The zero-order valence-corrected chi connectivity index (χ0v) is 9.39. The van der Waals surface area contributed by atoms with Gasteiger partial charge in [-0.3, -0.25) is 4.79 Å². The highest BCUT2D eigenvalue weighted by atomic mass is 16.5. The third-order valence-corrected chi connectivity index (χ3v) is 3.12. The Morgan fingerprint density at radius 3 is 2.71 bits per heavy atom. The Balaban J connectivity index is 2.54. The van der Waals surface area contributed by atoms with Crippen molar-refractivity contribution in [3.8, 4) is 0 Å². The van der Waals surface area contributed by atoms with Gasteiger partial charge in [0.1, 0.15) is 0 Å². The molecule has 4 heteroatoms. The van der Waals surface area contributed by atoms with Gasteiger partial charge < -0.3 is 15.4 Å². The van der Waals surface area contributed by atoms with E-state index in [2.05, 4.69) is 10.6 Å². The van der Waals surface area contributed by atoms with Crippen LogP contribution in [-0.2, 0) is 9.53 Å². The van der Waals surface area contributed by atoms with Gasteiger partial charge in [0.2, 0.25) is 5.91 Å². The molecular weight excluding hydrogens is 180 g/mol. The monoisotopic (exact) mass is 200 g/mol. The van der Waals surface area contributed by atoms with Crippen LogP contribution in [0.4, 0.5) is 0 Å². The van der Waals surface area contributed by atoms with Crippen molar-refractivity contribution in [2.24, 2.45) is 0 Å². The minimum Gasteiger partial charge on any atom is -0.376 e. The van der Waals surface area contributed by atoms with E-state index in [9.17, 15) is 4.79 Å². The average Bonchev–Trinajstić information content (AvgIpc) is 2.45. The summed E-state index contributed by atoms with van der Waals surface area (Å²) >= 11 is 0. The molecule has 1 aliphatic heterocycles. The number of carbonyl (C=O) groups excluding carboxylic acids is 1. The van der Waals surface area contributed by atoms with Crippen molar-refractivity contribution in [1.82, 2.24) is 10.6 Å². The fourth-order valence-corrected chi connectivity index (χ4v) is 1.52. The lowest BCUT2D eigenvalue weighted by atomic mass is 9.94. The number of amides is 1. The maximum atomic E-state index is 11.7. The van der Waals surface area contributed by atoms with Crippen LogP contribution in [0.2, 0.25) is 0 Å². The molecule has 1 fully saturated rings. The average molecular weight is 200 g/mol. The normalized spacial score (nSPS) is 34.1. The zero-order valence-electron chi connectivity index (χ0n) is 9.39. The zero-order chi connectivity index (χ0) is 10.8. The molecule has 1 saturated heterocycles. The first-order valence-corrected chi connectivity index (χ1v) is 5.10. The van der Waals surface area contributed by atoms with Crippen molar-refractivity contribution in [2.75, 3.05) is 13.7 Å². The van der Waals surface area contributed by atoms with Gasteiger partial charge in [0, 0.05) is 6.61 Å². The summed E-state index contributed by atoms with van der Waals surface area (Å²) in [6.07, 6.45) is 0.978. The van der Waals surface area contributed by atoms with Gasteiger partial charge in [0.05, 0.1) is 17.7 Å². The van der Waals surface area contributed by atoms with Gasteiger partial charge in [0.25, 0.3) is 0 Å². The second-order valence-electron chi connectivity index (χ2n) is 4.18. The van der Waals surface area contributed by atoms with Gasteiger partial charge in [-0.1, -0.05) is 0 Å². The van der Waals surface area contributed by atoms with E-state index < -0.39 is 0 Å². The molecule has 0 spiro atoms. The van der Waals surface area contributed by atoms with Crippen molar-refractivity contribution in [2.45, 2.75) is 44.9 Å². The van der Waals surface area contributed by atoms with E-state index in [1.54, 1.807) is 7.05 Å². The van der Waals surface area contributed by atoms with Gasteiger partial charge in [0.15, 0.2) is 0 Å². The Morgan fingerprint density at radius 1 is 1.64 bits per heavy atom. The molecule has 1 amide bonds. The molecule has 14 heavy (non-hydrogen) atoms. The Kier molecular flexibility index (Phi) is 3.50. The summed E-state index contributed by atoms with van der Waals surface area (Å²) in [5.41, 5.74) is -0.206. The van der Waals surface area contributed by atoms with Gasteiger partial charge in [-0.05, 0) is 34.2 Å². The topological polar surface area (TPSA) is 50.4 Å². The Morgan fingerprint density at radius 2 is 2.29 bits per heavy atom. The van der Waals surface area contributed by atoms with Crippen molar-refractivity contribution < 1.29 is 9.53 Å². The van der Waals surface area contributed by atoms with E-state index in [0.717, 1.165) is 13.0 Å². The van der Waals surface area contributed by atoms with Crippen LogP contribution in [0.25, 0.3) is 0 Å². The fourth-order valence-electron chi connectivity index (χ4n) is 1.52. The summed E-state index contributed by atoms with van der Waals surface area (Å²) in [6.45, 7) is 6.60. The SMILES string of the molecule is CNC(C)C(=O)NC1(C)CCOC1C. The van der Waals surface area contributed by atoms with Gasteiger partial charge in [-0.25, -0.2) is 0 Å². The molecule has 3 unspecified atom stereocenters. The van der Waals surface area contributed by atoms with E-state index in [0.29, 0.717) is 0 Å². The molecule has 0 aromatic heterocycles. The number of ether oxygens (including phenoxy) is 1. The first-order chi connectivity index (χ1) is 6.49. The van der Waals surface area contributed by atoms with Crippen LogP contribution in [0.1, 0.15) is 27.2 Å². The van der Waals surface area contributed by atoms with Crippen LogP contribution in [0.3, 0.4) is 0 Å². The van der Waals surface area contributed by atoms with Crippen molar-refractivity contribution in [3.05, 3.63) is 0 Å². The van der Waals surface area contributed by atoms with Crippen LogP contribution < -0.4 is 10.6 Å². The van der Waals surface area contributed by atoms with E-state index >= 15 is 0 Å². The summed E-state index contributed by atoms with van der Waals surface area (Å²) in [5.74, 6) is 0.0346. The first kappa shape index (κ1) is 11.5. The summed E-state index contributed by atoms with van der Waals surface area (Å²) in [6, 6.07) is -0.153. The smallest absolute Gasteiger partial charge is 0.237 e. The van der Waals surface area contributed by atoms with Crippen molar-refractivity contribution in [3.63, 3.8) is 0 Å². The molecule has 0 saturated carbocycles. The highest BCUT2D eigenvalue weighted by molar-refractivity contribution is 5.82. The summed E-state index contributed by atoms with van der Waals surface area (Å²) < 4.78 is 5.45. The third kappa shape index (κ3) is 2.25. The van der Waals surface area contributed by atoms with Crippen LogP contribution in [0.15, 0.2) is 0 Å². The Labute approximate surface area is 85.4 Å². The molecule has 0 aromatic carbocycles. The number of rotatable bonds is 3. The molecule has 1 rings (SSSR count). The Hall–Kier alpha value is -0.610. The molecule has 0 radical (unpaired) electrons. The lowest BCUT2D eigenvalue weighted by molar-refractivity contribution is -0.125. The van der Waals surface area contributed by atoms with Crippen LogP contribution >= 0.6 is 0 Å². The molecule has 0 bridgehead atoms. The molecule has 1 heterocycles. The van der Waals surface area contributed by atoms with Crippen molar-refractivity contribution in [1.29, 1.82) is 0 Å². The van der Waals surface area contributed by atoms with E-state index in [1.807, 2.05) is 20.8 Å². The highest BCUT2D eigenvalue weighted by Crippen LogP contribution is 2.24. The van der Waals surface area contributed by atoms with Crippen LogP contribution in [-0.4, -0.2) is 37.2 Å². The van der Waals surface area contributed by atoms with Gasteiger partial charge in [-0.2, -0.15) is 0 Å². The molecule has 3 atom stereocenters. The van der Waals surface area contributed by atoms with E-state index in [-0.39, 0.29) is 23.6 Å². The molecule has 82 valence electrons. The number of hydrogen-bond acceptors (Lipinski definition) is 3. The Bertz CT molecular complexity index is 220. The van der Waals surface area contributed by atoms with Gasteiger partial charge in [-0.15, -0.1) is 0 Å². The highest BCUT2D eigenvalue weighted by Gasteiger charge is 2.38. The number of nitrogens with one attached hydrogen (secondary N) is 2. The van der Waals surface area contributed by atoms with Crippen LogP contribution in [0.5, 0.6) is 0 Å². The second kappa shape index (κ2) is 4.28. The molecule has 0 aromatic rings.